The van der Waals surface area contributed by atoms with Gasteiger partial charge < -0.3 is 29.9 Å². The second-order valence-corrected chi connectivity index (χ2v) is 18.3. The second-order valence-electron chi connectivity index (χ2n) is 16.5. The molecule has 4 aliphatic rings. The first-order valence-corrected chi connectivity index (χ1v) is 22.6. The Hall–Kier alpha value is -6.37. The summed E-state index contributed by atoms with van der Waals surface area (Å²) in [6.45, 7) is 4.01. The number of urea groups is 1. The van der Waals surface area contributed by atoms with Gasteiger partial charge in [-0.05, 0) is 87.1 Å². The summed E-state index contributed by atoms with van der Waals surface area (Å²) < 4.78 is 72.7. The van der Waals surface area contributed by atoms with Crippen molar-refractivity contribution in [3.8, 4) is 17.6 Å². The maximum absolute atomic E-state index is 15.2. The molecule has 0 aliphatic carbocycles. The van der Waals surface area contributed by atoms with Gasteiger partial charge in [0.25, 0.3) is 5.56 Å². The number of carbonyl (C=O) groups is 3. The molecule has 64 heavy (non-hydrogen) atoms. The van der Waals surface area contributed by atoms with E-state index >= 15 is 8.78 Å². The zero-order chi connectivity index (χ0) is 45.3. The number of carbonyl (C=O) groups excluding carboxylic acids is 3. The number of halogens is 2. The SMILES string of the molecule is CCN(C)S(=O)(=O)Nc1ccc(F)c(Oc2ccc3ncn(C4COC5(CCN(C(=O)NC6CCN(c7ccc(NC8CCC(=O)NC8=O)cc7F)CC6)CC5)C4)c(=O)c3c2)c1C#N. The summed E-state index contributed by atoms with van der Waals surface area (Å²) in [4.78, 5) is 59.1. The Bertz CT molecular complexity index is 2700. The van der Waals surface area contributed by atoms with Gasteiger partial charge in [-0.2, -0.15) is 18.0 Å². The zero-order valence-electron chi connectivity index (χ0n) is 35.2. The smallest absolute Gasteiger partial charge is 0.317 e. The number of likely N-dealkylation sites (tertiary alicyclic amines) is 1. The maximum Gasteiger partial charge on any atom is 0.317 e. The third kappa shape index (κ3) is 9.16. The Morgan fingerprint density at radius 1 is 1.05 bits per heavy atom. The van der Waals surface area contributed by atoms with Gasteiger partial charge in [0, 0.05) is 57.9 Å². The highest BCUT2D eigenvalue weighted by molar-refractivity contribution is 7.90. The number of aromatic nitrogens is 2. The number of hydrogen-bond acceptors (Lipinski definition) is 12. The van der Waals surface area contributed by atoms with Crippen LogP contribution in [0.25, 0.3) is 10.9 Å². The minimum absolute atomic E-state index is 0.0300. The van der Waals surface area contributed by atoms with Crippen LogP contribution in [0.4, 0.5) is 30.6 Å². The van der Waals surface area contributed by atoms with E-state index < -0.39 is 45.1 Å². The first-order valence-electron chi connectivity index (χ1n) is 21.2. The summed E-state index contributed by atoms with van der Waals surface area (Å²) in [5.74, 6) is -2.58. The molecular weight excluding hydrogens is 855 g/mol. The fourth-order valence-electron chi connectivity index (χ4n) is 8.68. The fraction of sp³-hybridized carbons (Fsp3) is 0.442. The number of fused-ring (bicyclic) bond motifs is 1. The molecule has 338 valence electrons. The predicted octanol–water partition coefficient (Wildman–Crippen LogP) is 4.34. The van der Waals surface area contributed by atoms with Crippen LogP contribution in [-0.2, 0) is 24.5 Å². The van der Waals surface area contributed by atoms with Crippen molar-refractivity contribution in [3.05, 3.63) is 82.4 Å². The topological polar surface area (TPSA) is 220 Å². The lowest BCUT2D eigenvalue weighted by molar-refractivity contribution is -0.133. The third-order valence-electron chi connectivity index (χ3n) is 12.5. The van der Waals surface area contributed by atoms with Gasteiger partial charge in [-0.1, -0.05) is 6.92 Å². The third-order valence-corrected chi connectivity index (χ3v) is 14.1. The molecule has 1 spiro atoms. The molecule has 3 aromatic carbocycles. The van der Waals surface area contributed by atoms with E-state index in [0.717, 1.165) is 16.4 Å². The van der Waals surface area contributed by atoms with E-state index in [4.69, 9.17) is 9.47 Å². The molecule has 21 heteroatoms. The van der Waals surface area contributed by atoms with Gasteiger partial charge in [-0.25, -0.2) is 18.6 Å². The monoisotopic (exact) mass is 902 g/mol. The number of nitrogens with one attached hydrogen (secondary N) is 4. The minimum Gasteiger partial charge on any atom is -0.453 e. The van der Waals surface area contributed by atoms with Gasteiger partial charge in [-0.3, -0.25) is 29.0 Å². The van der Waals surface area contributed by atoms with E-state index in [1.165, 1.54) is 42.2 Å². The molecule has 2 unspecified atom stereocenters. The van der Waals surface area contributed by atoms with Gasteiger partial charge in [0.1, 0.15) is 29.2 Å². The molecule has 4 aromatic rings. The summed E-state index contributed by atoms with van der Waals surface area (Å²) in [5.41, 5.74) is -0.236. The second kappa shape index (κ2) is 18.0. The highest BCUT2D eigenvalue weighted by atomic mass is 32.2. The molecule has 4 saturated heterocycles. The van der Waals surface area contributed by atoms with E-state index in [-0.39, 0.29) is 71.5 Å². The lowest BCUT2D eigenvalue weighted by atomic mass is 9.87. The van der Waals surface area contributed by atoms with Crippen molar-refractivity contribution >= 4 is 56.0 Å². The van der Waals surface area contributed by atoms with E-state index in [2.05, 4.69) is 25.7 Å². The number of amides is 4. The lowest BCUT2D eigenvalue weighted by Crippen LogP contribution is -2.53. The molecule has 4 aliphatic heterocycles. The summed E-state index contributed by atoms with van der Waals surface area (Å²) in [5, 5.41) is 18.5. The number of ether oxygens (including phenoxy) is 2. The Labute approximate surface area is 367 Å². The molecule has 4 N–H and O–H groups in total. The number of anilines is 3. The van der Waals surface area contributed by atoms with Crippen LogP contribution in [0.2, 0.25) is 0 Å². The number of piperidine rings is 3. The molecule has 2 atom stereocenters. The number of nitrogens with zero attached hydrogens (tertiary/aromatic N) is 6. The Kier molecular flexibility index (Phi) is 12.5. The van der Waals surface area contributed by atoms with Crippen molar-refractivity contribution in [3.63, 3.8) is 0 Å². The van der Waals surface area contributed by atoms with Crippen LogP contribution in [0.15, 0.2) is 59.7 Å². The van der Waals surface area contributed by atoms with Crippen LogP contribution >= 0.6 is 0 Å². The molecule has 18 nitrogen and oxygen atoms in total. The van der Waals surface area contributed by atoms with Crippen LogP contribution in [0.3, 0.4) is 0 Å². The quantitative estimate of drug-likeness (QED) is 0.155. The van der Waals surface area contributed by atoms with Gasteiger partial charge in [0.05, 0.1) is 46.9 Å². The predicted molar refractivity (Wildman–Crippen MR) is 231 cm³/mol. The Morgan fingerprint density at radius 2 is 1.81 bits per heavy atom. The highest BCUT2D eigenvalue weighted by Gasteiger charge is 2.44. The Morgan fingerprint density at radius 3 is 2.52 bits per heavy atom. The van der Waals surface area contributed by atoms with Crippen molar-refractivity contribution in [1.29, 1.82) is 5.26 Å². The Balaban J connectivity index is 0.847. The van der Waals surface area contributed by atoms with Crippen molar-refractivity contribution in [2.24, 2.45) is 0 Å². The van der Waals surface area contributed by atoms with Crippen LogP contribution in [-0.4, -0.2) is 109 Å². The molecule has 0 radical (unpaired) electrons. The van der Waals surface area contributed by atoms with Gasteiger partial charge >= 0.3 is 16.2 Å². The van der Waals surface area contributed by atoms with Crippen LogP contribution in [0.1, 0.15) is 63.5 Å². The molecule has 0 bridgehead atoms. The molecule has 4 fully saturated rings. The first-order chi connectivity index (χ1) is 30.7. The lowest BCUT2D eigenvalue weighted by Gasteiger charge is -2.40. The van der Waals surface area contributed by atoms with Gasteiger partial charge in [0.2, 0.25) is 11.8 Å². The first kappa shape index (κ1) is 44.2. The molecule has 0 saturated carbocycles. The summed E-state index contributed by atoms with van der Waals surface area (Å²) >= 11 is 0. The fourth-order valence-corrected chi connectivity index (χ4v) is 9.62. The number of imide groups is 1. The van der Waals surface area contributed by atoms with Crippen LogP contribution in [0, 0.1) is 23.0 Å². The zero-order valence-corrected chi connectivity index (χ0v) is 36.1. The average molecular weight is 903 g/mol. The number of hydrogen-bond donors (Lipinski definition) is 4. The molecule has 8 rings (SSSR count). The molecule has 4 amide bonds. The summed E-state index contributed by atoms with van der Waals surface area (Å²) in [6, 6.07) is 11.8. The van der Waals surface area contributed by atoms with Crippen molar-refractivity contribution in [2.45, 2.75) is 75.6 Å². The largest absolute Gasteiger partial charge is 0.453 e. The molecular formula is C43H48F2N10O8S. The van der Waals surface area contributed by atoms with Crippen molar-refractivity contribution in [2.75, 3.05) is 61.3 Å². The van der Waals surface area contributed by atoms with E-state index in [1.807, 2.05) is 11.0 Å². The summed E-state index contributed by atoms with van der Waals surface area (Å²) in [7, 11) is -2.68. The number of nitriles is 1. The number of rotatable bonds is 11. The summed E-state index contributed by atoms with van der Waals surface area (Å²) in [6.07, 6.45) is 4.90. The van der Waals surface area contributed by atoms with Crippen molar-refractivity contribution < 1.29 is 41.1 Å². The highest BCUT2D eigenvalue weighted by Crippen LogP contribution is 2.41. The normalized spacial score (nSPS) is 20.3. The van der Waals surface area contributed by atoms with Crippen LogP contribution in [0.5, 0.6) is 11.5 Å². The average Bonchev–Trinajstić information content (AvgIpc) is 3.68. The minimum atomic E-state index is -4.04. The van der Waals surface area contributed by atoms with Gasteiger partial charge in [0.15, 0.2) is 11.6 Å². The van der Waals surface area contributed by atoms with Gasteiger partial charge in [-0.15, -0.1) is 0 Å². The van der Waals surface area contributed by atoms with E-state index in [0.29, 0.717) is 81.6 Å². The number of benzene rings is 3. The molecule has 1 aromatic heterocycles. The van der Waals surface area contributed by atoms with E-state index in [9.17, 15) is 32.9 Å². The van der Waals surface area contributed by atoms with Crippen LogP contribution < -0.4 is 35.9 Å². The molecule has 5 heterocycles. The standard InChI is InChI=1S/C43H48F2N10O8S/c1-3-52(2)64(60,61)51-35-8-6-32(44)39(31(35)23-46)63-29-5-7-34-30(21-29)41(58)55(25-47-34)28-22-43(62-24-28)14-18-54(19-15-43)42(59)49-26-12-16-53(17-13-26)37-10-4-27(20-33(37)45)48-36-9-11-38(56)50-40(36)57/h4-8,10,20-21,25-26,28,36,48,51H,3,9,11-19,22,24H2,1-2H3,(H,49,59)(H,50,56,57). The van der Waals surface area contributed by atoms with E-state index in [1.54, 1.807) is 24.0 Å². The maximum atomic E-state index is 15.2. The van der Waals surface area contributed by atoms with Crippen molar-refractivity contribution in [1.82, 2.24) is 29.4 Å².